The van der Waals surface area contributed by atoms with E-state index in [1.165, 1.54) is 5.57 Å². The normalized spacial score (nSPS) is 43.7. The van der Waals surface area contributed by atoms with Crippen LogP contribution in [0.25, 0.3) is 0 Å². The predicted molar refractivity (Wildman–Crippen MR) is 200 cm³/mol. The topological polar surface area (TPSA) is 162 Å². The van der Waals surface area contributed by atoms with Crippen LogP contribution in [0.3, 0.4) is 0 Å². The Morgan fingerprint density at radius 3 is 2.79 bits per heavy atom. The number of hydrogen-bond donors (Lipinski definition) is 4. The number of piperidine rings is 1. The maximum atomic E-state index is 14.2. The molecule has 0 radical (unpaired) electrons. The van der Waals surface area contributed by atoms with Crippen LogP contribution in [-0.4, -0.2) is 108 Å². The molecule has 6 fully saturated rings. The third-order valence-electron chi connectivity index (χ3n) is 14.1. The minimum Gasteiger partial charge on any atom is -0.462 e. The number of nitrogens with two attached hydrogens (primary N) is 3. The Hall–Kier alpha value is -1.61. The number of esters is 2. The van der Waals surface area contributed by atoms with Gasteiger partial charge in [0.15, 0.2) is 0 Å². The van der Waals surface area contributed by atoms with Gasteiger partial charge in [-0.05, 0) is 70.6 Å². The average molecular weight is 763 g/mol. The van der Waals surface area contributed by atoms with Crippen molar-refractivity contribution < 1.29 is 44.3 Å². The summed E-state index contributed by atoms with van der Waals surface area (Å²) in [7, 11) is 5.87. The van der Waals surface area contributed by atoms with Crippen molar-refractivity contribution in [3.8, 4) is 0 Å². The van der Waals surface area contributed by atoms with Crippen molar-refractivity contribution in [2.24, 2.45) is 47.2 Å². The second-order valence-electron chi connectivity index (χ2n) is 17.1. The lowest BCUT2D eigenvalue weighted by atomic mass is 9.56. The molecule has 7 aliphatic rings. The van der Waals surface area contributed by atoms with E-state index < -0.39 is 11.2 Å². The van der Waals surface area contributed by atoms with Crippen LogP contribution in [0.15, 0.2) is 23.3 Å². The first-order chi connectivity index (χ1) is 25.0. The Kier molecular flexibility index (Phi) is 11.8. The van der Waals surface area contributed by atoms with Crippen LogP contribution in [-0.2, 0) is 28.6 Å². The first-order valence-corrected chi connectivity index (χ1v) is 22.4. The van der Waals surface area contributed by atoms with E-state index in [-0.39, 0.29) is 84.4 Å². The van der Waals surface area contributed by atoms with Crippen molar-refractivity contribution in [3.05, 3.63) is 23.3 Å². The van der Waals surface area contributed by atoms with E-state index in [0.29, 0.717) is 43.6 Å². The molecule has 7 N–H and O–H groups in total. The number of fused-ring (bicyclic) bond motifs is 7. The molecule has 5 aliphatic heterocycles. The summed E-state index contributed by atoms with van der Waals surface area (Å²) in [6, 6.07) is 0.274. The fourth-order valence-corrected chi connectivity index (χ4v) is 13.7. The van der Waals surface area contributed by atoms with Crippen LogP contribution in [0, 0.1) is 41.4 Å². The molecule has 1 amide bonds. The van der Waals surface area contributed by atoms with E-state index in [2.05, 4.69) is 35.6 Å². The van der Waals surface area contributed by atoms with Crippen LogP contribution in [0.1, 0.15) is 78.6 Å². The summed E-state index contributed by atoms with van der Waals surface area (Å²) in [6.07, 6.45) is 9.80. The van der Waals surface area contributed by atoms with Crippen LogP contribution < -0.4 is 16.4 Å². The van der Waals surface area contributed by atoms with E-state index in [0.717, 1.165) is 56.8 Å². The minimum atomic E-state index is -0.952. The molecule has 13 heteroatoms. The fraction of sp³-hybridized carbons (Fsp3) is 0.821. The molecule has 290 valence electrons. The van der Waals surface area contributed by atoms with E-state index in [1.807, 2.05) is 28.5 Å². The monoisotopic (exact) mass is 762 g/mol. The van der Waals surface area contributed by atoms with Crippen LogP contribution in [0.2, 0.25) is 0 Å². The smallest absolute Gasteiger partial charge is 0.334 e. The summed E-state index contributed by atoms with van der Waals surface area (Å²) in [4.78, 5) is 43.1. The van der Waals surface area contributed by atoms with Crippen molar-refractivity contribution in [2.75, 3.05) is 44.8 Å². The highest BCUT2D eigenvalue weighted by Gasteiger charge is 2.68. The van der Waals surface area contributed by atoms with Crippen molar-refractivity contribution in [2.45, 2.75) is 114 Å². The molecular formula is C39H62N4O7S2+2. The van der Waals surface area contributed by atoms with Crippen molar-refractivity contribution in [1.82, 2.24) is 4.90 Å². The van der Waals surface area contributed by atoms with Gasteiger partial charge >= 0.3 is 11.9 Å². The van der Waals surface area contributed by atoms with Gasteiger partial charge in [0, 0.05) is 73.7 Å². The molecule has 1 spiro atoms. The Balaban J connectivity index is 1.26. The van der Waals surface area contributed by atoms with Gasteiger partial charge in [-0.1, -0.05) is 39.3 Å². The Morgan fingerprint density at radius 1 is 1.19 bits per heavy atom. The fourth-order valence-electron chi connectivity index (χ4n) is 11.2. The largest absolute Gasteiger partial charge is 0.462 e. The molecule has 0 aromatic carbocycles. The summed E-state index contributed by atoms with van der Waals surface area (Å²) >= 11 is 0. The summed E-state index contributed by atoms with van der Waals surface area (Å²) in [5.74, 6) is 2.43. The zero-order valence-electron chi connectivity index (χ0n) is 31.5. The first kappa shape index (κ1) is 38.7. The molecule has 0 aromatic heterocycles. The van der Waals surface area contributed by atoms with Gasteiger partial charge < -0.3 is 34.9 Å². The number of aliphatic hydroxyl groups is 1. The number of hydrogen-bond acceptors (Lipinski definition) is 10. The number of nitrogens with zero attached hydrogens (tertiary/aromatic N) is 1. The van der Waals surface area contributed by atoms with E-state index >= 15 is 0 Å². The number of carbonyl (C=O) groups excluding carboxylic acids is 3. The van der Waals surface area contributed by atoms with Gasteiger partial charge in [0.05, 0.1) is 38.2 Å². The number of aliphatic hydroxyl groups excluding tert-OH is 1. The number of allylic oxidation sites excluding steroid dienone is 1. The van der Waals surface area contributed by atoms with Crippen molar-refractivity contribution in [1.29, 1.82) is 0 Å². The lowest BCUT2D eigenvalue weighted by Crippen LogP contribution is -2.96. The zero-order chi connectivity index (χ0) is 36.8. The summed E-state index contributed by atoms with van der Waals surface area (Å²) in [5, 5.41) is 13.9. The lowest BCUT2D eigenvalue weighted by molar-refractivity contribution is -0.706. The van der Waals surface area contributed by atoms with Gasteiger partial charge in [-0.25, -0.2) is 4.79 Å². The van der Waals surface area contributed by atoms with Crippen molar-refractivity contribution in [3.63, 3.8) is 0 Å². The van der Waals surface area contributed by atoms with E-state index in [1.54, 1.807) is 13.0 Å². The third-order valence-corrected chi connectivity index (χ3v) is 16.5. The Labute approximate surface area is 317 Å². The minimum absolute atomic E-state index is 0.0723. The van der Waals surface area contributed by atoms with E-state index in [9.17, 15) is 19.5 Å². The zero-order valence-corrected chi connectivity index (χ0v) is 33.1. The molecule has 13 unspecified atom stereocenters. The van der Waals surface area contributed by atoms with Gasteiger partial charge in [-0.3, -0.25) is 15.3 Å². The molecule has 0 bridgehead atoms. The molecule has 1 saturated carbocycles. The number of amides is 1. The van der Waals surface area contributed by atoms with Crippen molar-refractivity contribution >= 4 is 39.4 Å². The quantitative estimate of drug-likeness (QED) is 0.130. The van der Waals surface area contributed by atoms with Gasteiger partial charge in [-0.15, -0.1) is 0 Å². The van der Waals surface area contributed by atoms with Gasteiger partial charge in [0.2, 0.25) is 5.91 Å². The van der Waals surface area contributed by atoms with Gasteiger partial charge in [0.25, 0.3) is 0 Å². The molecule has 0 aromatic rings. The molecule has 52 heavy (non-hydrogen) atoms. The molecule has 2 aliphatic carbocycles. The van der Waals surface area contributed by atoms with Gasteiger partial charge in [0.1, 0.15) is 23.5 Å². The number of carbonyl (C=O) groups is 3. The standard InChI is InChI=1S/C39H60N4O7S2/c1-5-22(2)36(46)50-38(3)9-8-24-20-51-52-21-30-28(17-41-4)19-43(30)34(45)13-27-18-42-33(40)14-29(27)35(24)39(38)16-26-12-25-11-23(7-6-10-44)37(47)48-31(25)15-32(26)49-39/h5,8,23,25-33,35,41-42,44H,6-7,9-21,40H2,1-4H3/p+2. The maximum Gasteiger partial charge on any atom is 0.334 e. The number of rotatable bonds is 7. The number of quaternary nitrogens is 2. The first-order valence-electron chi connectivity index (χ1n) is 20.0. The molecule has 13 atom stereocenters. The molecule has 5 heterocycles. The molecule has 7 rings (SSSR count). The lowest BCUT2D eigenvalue weighted by Gasteiger charge is -2.56. The molecular weight excluding hydrogens is 701 g/mol. The second kappa shape index (κ2) is 15.9. The SMILES string of the molecule is CC=C(C)C(=O)OC1(C)CC=C2CSSCC3C(C[NH2+]C)CN3C(=O)CC3C[NH2+]C(N)CC3C2C12CC1CC3CC(CCCO)C(=O)OC3CC1O2. The Bertz CT molecular complexity index is 1430. The summed E-state index contributed by atoms with van der Waals surface area (Å²) in [5.41, 5.74) is 6.92. The van der Waals surface area contributed by atoms with Crippen LogP contribution in [0.4, 0.5) is 0 Å². The second-order valence-corrected chi connectivity index (χ2v) is 19.6. The summed E-state index contributed by atoms with van der Waals surface area (Å²) < 4.78 is 20.4. The third kappa shape index (κ3) is 7.14. The van der Waals surface area contributed by atoms with Crippen LogP contribution >= 0.6 is 21.6 Å². The molecule has 11 nitrogen and oxygen atoms in total. The van der Waals surface area contributed by atoms with Gasteiger partial charge in [-0.2, -0.15) is 0 Å². The highest BCUT2D eigenvalue weighted by atomic mass is 33.1. The number of ether oxygens (including phenoxy) is 3. The average Bonchev–Trinajstić information content (AvgIpc) is 3.48. The summed E-state index contributed by atoms with van der Waals surface area (Å²) in [6.45, 7) is 8.47. The Morgan fingerprint density at radius 2 is 2.02 bits per heavy atom. The predicted octanol–water partition coefficient (Wildman–Crippen LogP) is 1.75. The van der Waals surface area contributed by atoms with E-state index in [4.69, 9.17) is 19.9 Å². The highest BCUT2D eigenvalue weighted by Crippen LogP contribution is 2.62. The maximum absolute atomic E-state index is 14.2. The van der Waals surface area contributed by atoms with Crippen LogP contribution in [0.5, 0.6) is 0 Å². The molecule has 5 saturated heterocycles. The highest BCUT2D eigenvalue weighted by molar-refractivity contribution is 8.76.